The molecular formula is C15H27N3O2. The van der Waals surface area contributed by atoms with E-state index < -0.39 is 0 Å². The number of hydrogen-bond acceptors (Lipinski definition) is 3. The van der Waals surface area contributed by atoms with Gasteiger partial charge in [0, 0.05) is 32.1 Å². The van der Waals surface area contributed by atoms with Crippen molar-refractivity contribution in [3.63, 3.8) is 0 Å². The van der Waals surface area contributed by atoms with E-state index in [2.05, 4.69) is 10.6 Å². The van der Waals surface area contributed by atoms with Crippen molar-refractivity contribution in [2.75, 3.05) is 26.2 Å². The van der Waals surface area contributed by atoms with Crippen molar-refractivity contribution < 1.29 is 9.59 Å². The Morgan fingerprint density at radius 1 is 1.10 bits per heavy atom. The Bertz CT molecular complexity index is 334. The van der Waals surface area contributed by atoms with Crippen LogP contribution in [0.25, 0.3) is 0 Å². The molecule has 1 aliphatic heterocycles. The summed E-state index contributed by atoms with van der Waals surface area (Å²) in [6.45, 7) is 4.95. The maximum atomic E-state index is 12.3. The summed E-state index contributed by atoms with van der Waals surface area (Å²) in [4.78, 5) is 25.7. The fraction of sp³-hybridized carbons (Fsp3) is 0.867. The van der Waals surface area contributed by atoms with Gasteiger partial charge in [0.1, 0.15) is 0 Å². The van der Waals surface area contributed by atoms with Crippen molar-refractivity contribution in [3.8, 4) is 0 Å². The minimum atomic E-state index is -0.161. The lowest BCUT2D eigenvalue weighted by molar-refractivity contribution is -0.132. The zero-order chi connectivity index (χ0) is 14.4. The van der Waals surface area contributed by atoms with Gasteiger partial charge < -0.3 is 15.5 Å². The third-order valence-electron chi connectivity index (χ3n) is 4.11. The van der Waals surface area contributed by atoms with Gasteiger partial charge >= 0.3 is 0 Å². The predicted molar refractivity (Wildman–Crippen MR) is 78.2 cm³/mol. The van der Waals surface area contributed by atoms with Crippen LogP contribution in [-0.4, -0.2) is 48.9 Å². The van der Waals surface area contributed by atoms with Gasteiger partial charge in [-0.15, -0.1) is 0 Å². The largest absolute Gasteiger partial charge is 0.355 e. The van der Waals surface area contributed by atoms with Crippen LogP contribution < -0.4 is 10.6 Å². The topological polar surface area (TPSA) is 61.4 Å². The number of carbonyl (C=O) groups excluding carboxylic acids is 2. The van der Waals surface area contributed by atoms with Crippen LogP contribution in [0.5, 0.6) is 0 Å². The molecule has 0 aromatic heterocycles. The van der Waals surface area contributed by atoms with Crippen LogP contribution in [0.15, 0.2) is 0 Å². The second-order valence-corrected chi connectivity index (χ2v) is 5.98. The first-order chi connectivity index (χ1) is 9.68. The lowest BCUT2D eigenvalue weighted by Gasteiger charge is -2.24. The van der Waals surface area contributed by atoms with E-state index in [1.165, 1.54) is 12.8 Å². The standard InChI is InChI=1S/C15H27N3O2/c1-12(15(20)18-10-4-2-3-5-11-18)16-8-9-17-14(19)13-6-7-13/h12-13,16H,2-11H2,1H3,(H,17,19). The Labute approximate surface area is 121 Å². The van der Waals surface area contributed by atoms with Crippen LogP contribution >= 0.6 is 0 Å². The lowest BCUT2D eigenvalue weighted by Crippen LogP contribution is -2.47. The van der Waals surface area contributed by atoms with E-state index in [0.29, 0.717) is 13.1 Å². The van der Waals surface area contributed by atoms with Crippen molar-refractivity contribution in [3.05, 3.63) is 0 Å². The molecule has 0 aromatic carbocycles. The highest BCUT2D eigenvalue weighted by molar-refractivity contribution is 5.81. The van der Waals surface area contributed by atoms with Crippen molar-refractivity contribution in [2.24, 2.45) is 5.92 Å². The molecule has 20 heavy (non-hydrogen) atoms. The number of nitrogens with one attached hydrogen (secondary N) is 2. The summed E-state index contributed by atoms with van der Waals surface area (Å²) in [7, 11) is 0. The van der Waals surface area contributed by atoms with E-state index in [4.69, 9.17) is 0 Å². The normalized spacial score (nSPS) is 21.1. The maximum Gasteiger partial charge on any atom is 0.239 e. The number of amides is 2. The molecule has 0 bridgehead atoms. The summed E-state index contributed by atoms with van der Waals surface area (Å²) in [5.74, 6) is 0.616. The van der Waals surface area contributed by atoms with Crippen molar-refractivity contribution in [2.45, 2.75) is 51.5 Å². The summed E-state index contributed by atoms with van der Waals surface area (Å²) in [5, 5.41) is 6.11. The van der Waals surface area contributed by atoms with Crippen LogP contribution in [-0.2, 0) is 9.59 Å². The lowest BCUT2D eigenvalue weighted by atomic mass is 10.2. The highest BCUT2D eigenvalue weighted by atomic mass is 16.2. The smallest absolute Gasteiger partial charge is 0.239 e. The molecule has 114 valence electrons. The van der Waals surface area contributed by atoms with Crippen LogP contribution in [0.4, 0.5) is 0 Å². The van der Waals surface area contributed by atoms with Gasteiger partial charge in [-0.05, 0) is 32.6 Å². The van der Waals surface area contributed by atoms with E-state index in [-0.39, 0.29) is 23.8 Å². The van der Waals surface area contributed by atoms with E-state index >= 15 is 0 Å². The summed E-state index contributed by atoms with van der Waals surface area (Å²) >= 11 is 0. The second kappa shape index (κ2) is 7.62. The molecule has 1 unspecified atom stereocenters. The first-order valence-electron chi connectivity index (χ1n) is 7.98. The van der Waals surface area contributed by atoms with Crippen LogP contribution in [0.1, 0.15) is 45.4 Å². The first kappa shape index (κ1) is 15.3. The zero-order valence-electron chi connectivity index (χ0n) is 12.5. The predicted octanol–water partition coefficient (Wildman–Crippen LogP) is 0.893. The number of nitrogens with zero attached hydrogens (tertiary/aromatic N) is 1. The highest BCUT2D eigenvalue weighted by Gasteiger charge is 2.29. The van der Waals surface area contributed by atoms with Gasteiger partial charge in [-0.2, -0.15) is 0 Å². The van der Waals surface area contributed by atoms with Crippen LogP contribution in [0.3, 0.4) is 0 Å². The fourth-order valence-corrected chi connectivity index (χ4v) is 2.62. The third kappa shape index (κ3) is 4.78. The molecule has 1 saturated heterocycles. The zero-order valence-corrected chi connectivity index (χ0v) is 12.5. The fourth-order valence-electron chi connectivity index (χ4n) is 2.62. The molecule has 2 N–H and O–H groups in total. The molecule has 0 spiro atoms. The molecule has 0 radical (unpaired) electrons. The molecule has 1 aliphatic carbocycles. The molecule has 1 saturated carbocycles. The van der Waals surface area contributed by atoms with Gasteiger partial charge in [-0.25, -0.2) is 0 Å². The Balaban J connectivity index is 1.61. The van der Waals surface area contributed by atoms with Gasteiger partial charge in [0.2, 0.25) is 11.8 Å². The minimum Gasteiger partial charge on any atom is -0.355 e. The molecule has 0 aromatic rings. The van der Waals surface area contributed by atoms with Gasteiger partial charge in [-0.3, -0.25) is 9.59 Å². The SMILES string of the molecule is CC(NCCNC(=O)C1CC1)C(=O)N1CCCCCC1. The molecular weight excluding hydrogens is 254 g/mol. The summed E-state index contributed by atoms with van der Waals surface area (Å²) in [6.07, 6.45) is 6.77. The Hall–Kier alpha value is -1.10. The minimum absolute atomic E-state index is 0.161. The van der Waals surface area contributed by atoms with Crippen molar-refractivity contribution in [1.82, 2.24) is 15.5 Å². The quantitative estimate of drug-likeness (QED) is 0.711. The third-order valence-corrected chi connectivity index (χ3v) is 4.11. The average molecular weight is 281 g/mol. The Morgan fingerprint density at radius 3 is 2.35 bits per heavy atom. The second-order valence-electron chi connectivity index (χ2n) is 5.98. The number of rotatable bonds is 6. The summed E-state index contributed by atoms with van der Waals surface area (Å²) < 4.78 is 0. The molecule has 2 aliphatic rings. The molecule has 1 atom stereocenters. The number of carbonyl (C=O) groups is 2. The maximum absolute atomic E-state index is 12.3. The highest BCUT2D eigenvalue weighted by Crippen LogP contribution is 2.28. The molecule has 2 amide bonds. The van der Waals surface area contributed by atoms with E-state index in [9.17, 15) is 9.59 Å². The van der Waals surface area contributed by atoms with Crippen LogP contribution in [0.2, 0.25) is 0 Å². The van der Waals surface area contributed by atoms with Crippen molar-refractivity contribution >= 4 is 11.8 Å². The van der Waals surface area contributed by atoms with Crippen LogP contribution in [0, 0.1) is 5.92 Å². The molecule has 2 rings (SSSR count). The Morgan fingerprint density at radius 2 is 1.75 bits per heavy atom. The Kier molecular flexibility index (Phi) is 5.83. The molecule has 5 heteroatoms. The number of hydrogen-bond donors (Lipinski definition) is 2. The first-order valence-corrected chi connectivity index (χ1v) is 7.98. The number of likely N-dealkylation sites (tertiary alicyclic amines) is 1. The monoisotopic (exact) mass is 281 g/mol. The molecule has 1 heterocycles. The van der Waals surface area contributed by atoms with E-state index in [1.54, 1.807) is 0 Å². The summed E-state index contributed by atoms with van der Waals surface area (Å²) in [6, 6.07) is -0.161. The summed E-state index contributed by atoms with van der Waals surface area (Å²) in [5.41, 5.74) is 0. The molecule has 5 nitrogen and oxygen atoms in total. The average Bonchev–Trinajstić information content (AvgIpc) is 3.28. The van der Waals surface area contributed by atoms with Gasteiger partial charge in [0.25, 0.3) is 0 Å². The van der Waals surface area contributed by atoms with E-state index in [0.717, 1.165) is 38.8 Å². The van der Waals surface area contributed by atoms with Crippen molar-refractivity contribution in [1.29, 1.82) is 0 Å². The van der Waals surface area contributed by atoms with Gasteiger partial charge in [-0.1, -0.05) is 12.8 Å². The van der Waals surface area contributed by atoms with Gasteiger partial charge in [0.05, 0.1) is 6.04 Å². The molecule has 2 fully saturated rings. The van der Waals surface area contributed by atoms with E-state index in [1.807, 2.05) is 11.8 Å². The van der Waals surface area contributed by atoms with Gasteiger partial charge in [0.15, 0.2) is 0 Å².